The van der Waals surface area contributed by atoms with Crippen molar-refractivity contribution in [3.63, 3.8) is 0 Å². The molecule has 0 bridgehead atoms. The number of anilines is 1. The molecule has 2 unspecified atom stereocenters. The van der Waals surface area contributed by atoms with Gasteiger partial charge in [0.2, 0.25) is 0 Å². The first-order valence-electron chi connectivity index (χ1n) is 14.2. The molecule has 5 heterocycles. The van der Waals surface area contributed by atoms with Crippen LogP contribution in [0.4, 0.5) is 10.6 Å². The predicted molar refractivity (Wildman–Crippen MR) is 140 cm³/mol. The molecule has 0 aromatic carbocycles. The molecule has 40 heavy (non-hydrogen) atoms. The first kappa shape index (κ1) is 27.1. The summed E-state index contributed by atoms with van der Waals surface area (Å²) < 4.78 is 18.1. The van der Waals surface area contributed by atoms with Gasteiger partial charge in [0, 0.05) is 32.0 Å². The maximum Gasteiger partial charge on any atom is 0.410 e. The molecule has 5 N–H and O–H groups in total. The Morgan fingerprint density at radius 2 is 1.93 bits per heavy atom. The Balaban J connectivity index is 1.04. The summed E-state index contributed by atoms with van der Waals surface area (Å²) in [5.74, 6) is 0.812. The van der Waals surface area contributed by atoms with Crippen LogP contribution in [0.25, 0.3) is 11.2 Å². The molecule has 0 spiro atoms. The first-order chi connectivity index (χ1) is 19.4. The number of aromatic nitrogens is 4. The molecule has 14 nitrogen and oxygen atoms in total. The third kappa shape index (κ3) is 5.71. The van der Waals surface area contributed by atoms with Crippen molar-refractivity contribution in [1.29, 1.82) is 0 Å². The van der Waals surface area contributed by atoms with Crippen LogP contribution in [0.3, 0.4) is 0 Å². The van der Waals surface area contributed by atoms with Crippen LogP contribution in [0, 0.1) is 5.92 Å². The van der Waals surface area contributed by atoms with Gasteiger partial charge in [0.15, 0.2) is 23.8 Å². The molecule has 3 saturated heterocycles. The number of nitrogens with two attached hydrogens (primary N) is 1. The third-order valence-corrected chi connectivity index (χ3v) is 8.23. The summed E-state index contributed by atoms with van der Waals surface area (Å²) in [4.78, 5) is 40.0. The van der Waals surface area contributed by atoms with E-state index in [0.717, 1.165) is 44.9 Å². The van der Waals surface area contributed by atoms with Gasteiger partial charge in [0.05, 0.1) is 19.5 Å². The van der Waals surface area contributed by atoms with Gasteiger partial charge in [-0.25, -0.2) is 19.7 Å². The van der Waals surface area contributed by atoms with Crippen molar-refractivity contribution in [2.75, 3.05) is 32.0 Å². The number of aryl methyl sites for hydroxylation is 1. The van der Waals surface area contributed by atoms with Crippen molar-refractivity contribution in [3.8, 4) is 0 Å². The van der Waals surface area contributed by atoms with E-state index >= 15 is 0 Å². The number of ether oxygens (including phenoxy) is 3. The SMILES string of the molecule is Nc1nc(CCCC2CCN(C(=O)OC3CCOC3)CC2)nc2c1ncn2[C@@H]1O[C@H](C(=O)NC2CC2)[C@H](O)C1O. The van der Waals surface area contributed by atoms with Gasteiger partial charge in [-0.05, 0) is 44.4 Å². The Morgan fingerprint density at radius 1 is 1.12 bits per heavy atom. The average Bonchev–Trinajstić information content (AvgIpc) is 3.29. The van der Waals surface area contributed by atoms with E-state index in [1.54, 1.807) is 4.90 Å². The predicted octanol–water partition coefficient (Wildman–Crippen LogP) is 0.267. The standard InChI is InChI=1S/C26H37N7O7/c27-22-18-23(33(13-28-18)25-20(35)19(34)21(40-25)24(36)29-15-4-5-15)31-17(30-22)3-1-2-14-6-9-32(10-7-14)26(37)39-16-8-11-38-12-16/h13-16,19-21,25,34-35H,1-12H2,(H,29,36)(H2,27,30,31)/t16?,19-,20?,21+,25-/m1/s1. The molecule has 218 valence electrons. The number of carbonyl (C=O) groups is 2. The summed E-state index contributed by atoms with van der Waals surface area (Å²) in [5.41, 5.74) is 6.92. The fraction of sp³-hybridized carbons (Fsp3) is 0.731. The van der Waals surface area contributed by atoms with E-state index in [9.17, 15) is 19.8 Å². The van der Waals surface area contributed by atoms with Gasteiger partial charge in [0.25, 0.3) is 5.91 Å². The van der Waals surface area contributed by atoms with E-state index in [2.05, 4.69) is 20.3 Å². The van der Waals surface area contributed by atoms with Crippen LogP contribution in [0.15, 0.2) is 6.33 Å². The normalized spacial score (nSPS) is 29.2. The highest BCUT2D eigenvalue weighted by Gasteiger charge is 2.48. The molecule has 2 amide bonds. The molecule has 4 fully saturated rings. The number of rotatable bonds is 8. The summed E-state index contributed by atoms with van der Waals surface area (Å²) in [5, 5.41) is 24.0. The highest BCUT2D eigenvalue weighted by molar-refractivity contribution is 5.83. The fourth-order valence-electron chi connectivity index (χ4n) is 5.68. The lowest BCUT2D eigenvalue weighted by molar-refractivity contribution is -0.137. The molecule has 1 saturated carbocycles. The molecular formula is C26H37N7O7. The zero-order valence-electron chi connectivity index (χ0n) is 22.4. The zero-order valence-corrected chi connectivity index (χ0v) is 22.4. The molecule has 14 heteroatoms. The number of nitrogens with one attached hydrogen (secondary N) is 1. The number of aliphatic hydroxyl groups is 2. The van der Waals surface area contributed by atoms with E-state index in [4.69, 9.17) is 19.9 Å². The number of nitrogen functional groups attached to an aromatic ring is 1. The van der Waals surface area contributed by atoms with Gasteiger partial charge in [-0.15, -0.1) is 0 Å². The summed E-state index contributed by atoms with van der Waals surface area (Å²) in [7, 11) is 0. The van der Waals surface area contributed by atoms with Gasteiger partial charge in [-0.2, -0.15) is 0 Å². The minimum atomic E-state index is -1.38. The zero-order chi connectivity index (χ0) is 27.8. The number of imidazole rings is 1. The van der Waals surface area contributed by atoms with Crippen LogP contribution in [0.2, 0.25) is 0 Å². The number of piperidine rings is 1. The quantitative estimate of drug-likeness (QED) is 0.348. The molecule has 2 aromatic heterocycles. The van der Waals surface area contributed by atoms with E-state index in [0.29, 0.717) is 55.6 Å². The Bertz CT molecular complexity index is 1220. The van der Waals surface area contributed by atoms with E-state index in [-0.39, 0.29) is 24.1 Å². The molecule has 3 aliphatic heterocycles. The van der Waals surface area contributed by atoms with Crippen LogP contribution >= 0.6 is 0 Å². The lowest BCUT2D eigenvalue weighted by atomic mass is 9.91. The smallest absolute Gasteiger partial charge is 0.410 e. The second-order valence-electron chi connectivity index (χ2n) is 11.3. The number of aliphatic hydroxyl groups excluding tert-OH is 2. The van der Waals surface area contributed by atoms with E-state index in [1.807, 2.05) is 0 Å². The van der Waals surface area contributed by atoms with Crippen molar-refractivity contribution in [2.45, 2.75) is 88.1 Å². The second kappa shape index (κ2) is 11.4. The van der Waals surface area contributed by atoms with Crippen molar-refractivity contribution in [1.82, 2.24) is 29.7 Å². The maximum atomic E-state index is 12.5. The lowest BCUT2D eigenvalue weighted by Gasteiger charge is -2.32. The summed E-state index contributed by atoms with van der Waals surface area (Å²) in [6.45, 7) is 2.49. The van der Waals surface area contributed by atoms with Crippen molar-refractivity contribution >= 4 is 29.0 Å². The van der Waals surface area contributed by atoms with E-state index < -0.39 is 30.4 Å². The number of fused-ring (bicyclic) bond motifs is 1. The minimum Gasteiger partial charge on any atom is -0.444 e. The highest BCUT2D eigenvalue weighted by atomic mass is 16.6. The molecule has 1 aliphatic carbocycles. The fourth-order valence-corrected chi connectivity index (χ4v) is 5.68. The second-order valence-corrected chi connectivity index (χ2v) is 11.3. The summed E-state index contributed by atoms with van der Waals surface area (Å²) >= 11 is 0. The van der Waals surface area contributed by atoms with Gasteiger partial charge < -0.3 is 40.4 Å². The van der Waals surface area contributed by atoms with Gasteiger partial charge >= 0.3 is 6.09 Å². The van der Waals surface area contributed by atoms with Crippen molar-refractivity contribution in [3.05, 3.63) is 12.2 Å². The van der Waals surface area contributed by atoms with E-state index in [1.165, 1.54) is 10.9 Å². The number of amides is 2. The number of nitrogens with zero attached hydrogens (tertiary/aromatic N) is 5. The molecule has 6 rings (SSSR count). The number of hydrogen-bond donors (Lipinski definition) is 4. The molecule has 2 aromatic rings. The average molecular weight is 560 g/mol. The topological polar surface area (TPSA) is 187 Å². The highest BCUT2D eigenvalue weighted by Crippen LogP contribution is 2.33. The Morgan fingerprint density at radius 3 is 2.65 bits per heavy atom. The third-order valence-electron chi connectivity index (χ3n) is 8.23. The Hall–Kier alpha value is -3.07. The Kier molecular flexibility index (Phi) is 7.75. The largest absolute Gasteiger partial charge is 0.444 e. The van der Waals surface area contributed by atoms with Crippen LogP contribution in [-0.4, -0.2) is 103 Å². The Labute approximate surface area is 231 Å². The van der Waals surface area contributed by atoms with Crippen molar-refractivity contribution in [2.24, 2.45) is 5.92 Å². The number of carbonyl (C=O) groups excluding carboxylic acids is 2. The monoisotopic (exact) mass is 559 g/mol. The number of likely N-dealkylation sites (tertiary alicyclic amines) is 1. The van der Waals surface area contributed by atoms with Gasteiger partial charge in [-0.3, -0.25) is 9.36 Å². The lowest BCUT2D eigenvalue weighted by Crippen LogP contribution is -2.43. The summed E-state index contributed by atoms with van der Waals surface area (Å²) in [6.07, 6.45) is 2.88. The van der Waals surface area contributed by atoms with Crippen LogP contribution < -0.4 is 11.1 Å². The van der Waals surface area contributed by atoms with Gasteiger partial charge in [-0.1, -0.05) is 0 Å². The maximum absolute atomic E-state index is 12.5. The van der Waals surface area contributed by atoms with Crippen molar-refractivity contribution < 1.29 is 34.0 Å². The molecular weight excluding hydrogens is 522 g/mol. The first-order valence-corrected chi connectivity index (χ1v) is 14.2. The number of hydrogen-bond acceptors (Lipinski definition) is 11. The molecule has 4 aliphatic rings. The van der Waals surface area contributed by atoms with Gasteiger partial charge in [0.1, 0.15) is 29.7 Å². The van der Waals surface area contributed by atoms with Crippen LogP contribution in [0.1, 0.15) is 57.0 Å². The minimum absolute atomic E-state index is 0.102. The molecule has 5 atom stereocenters. The van der Waals surface area contributed by atoms with Crippen LogP contribution in [-0.2, 0) is 25.4 Å². The summed E-state index contributed by atoms with van der Waals surface area (Å²) in [6, 6.07) is 0.102. The van der Waals surface area contributed by atoms with Crippen LogP contribution in [0.5, 0.6) is 0 Å². The molecule has 0 radical (unpaired) electrons.